The number of rotatable bonds is 8. The summed E-state index contributed by atoms with van der Waals surface area (Å²) in [7, 11) is 0. The third-order valence-corrected chi connectivity index (χ3v) is 2.81. The minimum atomic E-state index is -0.882. The van der Waals surface area contributed by atoms with Gasteiger partial charge in [-0.3, -0.25) is 9.59 Å². The van der Waals surface area contributed by atoms with Crippen LogP contribution in [0.2, 0.25) is 0 Å². The van der Waals surface area contributed by atoms with Gasteiger partial charge in [0.25, 0.3) is 11.8 Å². The molecule has 1 aromatic rings. The SMILES string of the molecule is CC(C)CNC(=O)[C@@H](C)OC(=O)c1ccc(OCC(N)=O)cc1. The Morgan fingerprint density at radius 2 is 1.74 bits per heavy atom. The zero-order valence-corrected chi connectivity index (χ0v) is 13.5. The molecule has 0 fully saturated rings. The highest BCUT2D eigenvalue weighted by molar-refractivity contribution is 5.92. The van der Waals surface area contributed by atoms with Crippen molar-refractivity contribution in [2.24, 2.45) is 11.7 Å². The summed E-state index contributed by atoms with van der Waals surface area (Å²) >= 11 is 0. The molecule has 0 aromatic heterocycles. The van der Waals surface area contributed by atoms with Crippen LogP contribution in [-0.2, 0) is 14.3 Å². The lowest BCUT2D eigenvalue weighted by atomic mass is 10.2. The van der Waals surface area contributed by atoms with E-state index in [0.29, 0.717) is 18.2 Å². The molecule has 1 aromatic carbocycles. The van der Waals surface area contributed by atoms with Crippen LogP contribution in [0, 0.1) is 5.92 Å². The highest BCUT2D eigenvalue weighted by Gasteiger charge is 2.18. The second-order valence-electron chi connectivity index (χ2n) is 5.47. The molecule has 0 aliphatic rings. The van der Waals surface area contributed by atoms with Crippen LogP contribution in [0.3, 0.4) is 0 Å². The number of benzene rings is 1. The number of ether oxygens (including phenoxy) is 2. The van der Waals surface area contributed by atoms with Crippen molar-refractivity contribution in [3.63, 3.8) is 0 Å². The number of carbonyl (C=O) groups is 3. The van der Waals surface area contributed by atoms with Crippen molar-refractivity contribution < 1.29 is 23.9 Å². The summed E-state index contributed by atoms with van der Waals surface area (Å²) in [6.45, 7) is 5.74. The van der Waals surface area contributed by atoms with Gasteiger partial charge in [0.2, 0.25) is 0 Å². The number of nitrogens with two attached hydrogens (primary N) is 1. The van der Waals surface area contributed by atoms with Crippen LogP contribution in [0.5, 0.6) is 5.75 Å². The second-order valence-corrected chi connectivity index (χ2v) is 5.47. The summed E-state index contributed by atoms with van der Waals surface area (Å²) in [6.07, 6.45) is -0.882. The molecule has 0 bridgehead atoms. The van der Waals surface area contributed by atoms with E-state index < -0.39 is 18.0 Å². The highest BCUT2D eigenvalue weighted by Crippen LogP contribution is 2.13. The molecule has 0 spiro atoms. The summed E-state index contributed by atoms with van der Waals surface area (Å²) < 4.78 is 10.2. The molecule has 0 unspecified atom stereocenters. The van der Waals surface area contributed by atoms with Gasteiger partial charge in [-0.1, -0.05) is 13.8 Å². The minimum absolute atomic E-state index is 0.239. The first kappa shape index (κ1) is 18.5. The third kappa shape index (κ3) is 6.82. The number of primary amides is 1. The lowest BCUT2D eigenvalue weighted by molar-refractivity contribution is -0.129. The molecule has 0 radical (unpaired) electrons. The molecule has 7 heteroatoms. The van der Waals surface area contributed by atoms with E-state index >= 15 is 0 Å². The fourth-order valence-electron chi connectivity index (χ4n) is 1.57. The molecule has 0 aliphatic heterocycles. The van der Waals surface area contributed by atoms with Crippen molar-refractivity contribution in [2.45, 2.75) is 26.9 Å². The van der Waals surface area contributed by atoms with Gasteiger partial charge in [0.15, 0.2) is 12.7 Å². The van der Waals surface area contributed by atoms with Gasteiger partial charge in [0.05, 0.1) is 5.56 Å². The summed E-state index contributed by atoms with van der Waals surface area (Å²) in [6, 6.07) is 6.00. The Morgan fingerprint density at radius 3 is 2.26 bits per heavy atom. The third-order valence-electron chi connectivity index (χ3n) is 2.81. The van der Waals surface area contributed by atoms with E-state index in [2.05, 4.69) is 5.32 Å². The zero-order valence-electron chi connectivity index (χ0n) is 13.5. The number of amides is 2. The molecule has 2 amide bonds. The zero-order chi connectivity index (χ0) is 17.4. The molecule has 7 nitrogen and oxygen atoms in total. The molecular weight excluding hydrogens is 300 g/mol. The van der Waals surface area contributed by atoms with Crippen LogP contribution >= 0.6 is 0 Å². The van der Waals surface area contributed by atoms with Gasteiger partial charge in [-0.05, 0) is 37.1 Å². The van der Waals surface area contributed by atoms with Crippen LogP contribution in [0.25, 0.3) is 0 Å². The minimum Gasteiger partial charge on any atom is -0.484 e. The average molecular weight is 322 g/mol. The lowest BCUT2D eigenvalue weighted by Gasteiger charge is -2.14. The van der Waals surface area contributed by atoms with Crippen LogP contribution < -0.4 is 15.8 Å². The van der Waals surface area contributed by atoms with Gasteiger partial charge in [-0.2, -0.15) is 0 Å². The van der Waals surface area contributed by atoms with E-state index in [9.17, 15) is 14.4 Å². The van der Waals surface area contributed by atoms with E-state index in [1.165, 1.54) is 31.2 Å². The molecule has 0 heterocycles. The summed E-state index contributed by atoms with van der Waals surface area (Å²) in [4.78, 5) is 34.3. The van der Waals surface area contributed by atoms with Gasteiger partial charge in [0.1, 0.15) is 5.75 Å². The Bertz CT molecular complexity index is 554. The molecule has 23 heavy (non-hydrogen) atoms. The normalized spacial score (nSPS) is 11.7. The monoisotopic (exact) mass is 322 g/mol. The average Bonchev–Trinajstić information content (AvgIpc) is 2.50. The van der Waals surface area contributed by atoms with Gasteiger partial charge >= 0.3 is 5.97 Å². The number of hydrogen-bond donors (Lipinski definition) is 2. The Labute approximate surface area is 135 Å². The van der Waals surface area contributed by atoms with Crippen LogP contribution in [0.4, 0.5) is 0 Å². The Hall–Kier alpha value is -2.57. The van der Waals surface area contributed by atoms with Crippen molar-refractivity contribution in [3.8, 4) is 5.75 Å². The number of carbonyl (C=O) groups excluding carboxylic acids is 3. The molecule has 3 N–H and O–H groups in total. The Balaban J connectivity index is 2.53. The molecule has 0 aliphatic carbocycles. The fraction of sp³-hybridized carbons (Fsp3) is 0.438. The summed E-state index contributed by atoms with van der Waals surface area (Å²) in [5.41, 5.74) is 5.25. The van der Waals surface area contributed by atoms with Gasteiger partial charge in [0, 0.05) is 6.54 Å². The van der Waals surface area contributed by atoms with E-state index in [1.807, 2.05) is 13.8 Å². The molecular formula is C16H22N2O5. The van der Waals surface area contributed by atoms with Crippen molar-refractivity contribution in [1.82, 2.24) is 5.32 Å². The first-order chi connectivity index (χ1) is 10.8. The number of hydrogen-bond acceptors (Lipinski definition) is 5. The van der Waals surface area contributed by atoms with Gasteiger partial charge in [-0.25, -0.2) is 4.79 Å². The lowest BCUT2D eigenvalue weighted by Crippen LogP contribution is -2.37. The quantitative estimate of drug-likeness (QED) is 0.690. The van der Waals surface area contributed by atoms with Crippen molar-refractivity contribution in [3.05, 3.63) is 29.8 Å². The smallest absolute Gasteiger partial charge is 0.338 e. The van der Waals surface area contributed by atoms with E-state index in [-0.39, 0.29) is 18.1 Å². The molecule has 1 atom stereocenters. The first-order valence-corrected chi connectivity index (χ1v) is 7.29. The van der Waals surface area contributed by atoms with Crippen LogP contribution in [0.1, 0.15) is 31.1 Å². The van der Waals surface area contributed by atoms with Crippen molar-refractivity contribution >= 4 is 17.8 Å². The van der Waals surface area contributed by atoms with Crippen LogP contribution in [0.15, 0.2) is 24.3 Å². The Kier molecular flexibility index (Phi) is 7.05. The topological polar surface area (TPSA) is 108 Å². The number of esters is 1. The van der Waals surface area contributed by atoms with E-state index in [4.69, 9.17) is 15.2 Å². The van der Waals surface area contributed by atoms with Crippen molar-refractivity contribution in [1.29, 1.82) is 0 Å². The standard InChI is InChI=1S/C16H22N2O5/c1-10(2)8-18-15(20)11(3)23-16(21)12-4-6-13(7-5-12)22-9-14(17)19/h4-7,10-11H,8-9H2,1-3H3,(H2,17,19)(H,18,20)/t11-/m1/s1. The predicted octanol–water partition coefficient (Wildman–Crippen LogP) is 0.868. The molecule has 0 saturated carbocycles. The number of nitrogens with one attached hydrogen (secondary N) is 1. The largest absolute Gasteiger partial charge is 0.484 e. The molecule has 126 valence electrons. The maximum absolute atomic E-state index is 12.0. The predicted molar refractivity (Wildman–Crippen MR) is 83.9 cm³/mol. The van der Waals surface area contributed by atoms with Crippen molar-refractivity contribution in [2.75, 3.05) is 13.2 Å². The highest BCUT2D eigenvalue weighted by atomic mass is 16.5. The van der Waals surface area contributed by atoms with Gasteiger partial charge in [-0.15, -0.1) is 0 Å². The second kappa shape index (κ2) is 8.77. The summed E-state index contributed by atoms with van der Waals surface area (Å²) in [5, 5.41) is 2.70. The van der Waals surface area contributed by atoms with E-state index in [0.717, 1.165) is 0 Å². The molecule has 0 saturated heterocycles. The first-order valence-electron chi connectivity index (χ1n) is 7.29. The maximum atomic E-state index is 12.0. The maximum Gasteiger partial charge on any atom is 0.338 e. The van der Waals surface area contributed by atoms with E-state index in [1.54, 1.807) is 0 Å². The Morgan fingerprint density at radius 1 is 1.13 bits per heavy atom. The van der Waals surface area contributed by atoms with Crippen LogP contribution in [-0.4, -0.2) is 37.0 Å². The fourth-order valence-corrected chi connectivity index (χ4v) is 1.57. The molecule has 1 rings (SSSR count). The van der Waals surface area contributed by atoms with Gasteiger partial charge < -0.3 is 20.5 Å². The summed E-state index contributed by atoms with van der Waals surface area (Å²) in [5.74, 6) is -0.820.